The van der Waals surface area contributed by atoms with Gasteiger partial charge < -0.3 is 15.5 Å². The molecule has 2 aromatic carbocycles. The molecule has 13 heteroatoms. The van der Waals surface area contributed by atoms with Crippen LogP contribution in [0.25, 0.3) is 0 Å². The number of aromatic nitrogens is 1. The van der Waals surface area contributed by atoms with Gasteiger partial charge in [-0.25, -0.2) is 4.98 Å². The number of nitrogen functional groups attached to an aromatic ring is 1. The lowest BCUT2D eigenvalue weighted by Crippen LogP contribution is -2.50. The quantitative estimate of drug-likeness (QED) is 0.309. The molecule has 3 aromatic rings. The van der Waals surface area contributed by atoms with Crippen molar-refractivity contribution < 1.29 is 35.9 Å². The average Bonchev–Trinajstić information content (AvgIpc) is 3.31. The average molecular weight is 674 g/mol. The largest absolute Gasteiger partial charge is 0.416 e. The number of hydrogen-bond acceptors (Lipinski definition) is 5. The lowest BCUT2D eigenvalue weighted by atomic mass is 9.67. The minimum absolute atomic E-state index is 0.0554. The molecule has 1 aromatic heterocycles. The summed E-state index contributed by atoms with van der Waals surface area (Å²) in [4.78, 5) is 37.3. The number of likely N-dealkylation sites (tertiary alicyclic amines) is 3. The number of carbonyl (C=O) groups is 2. The summed E-state index contributed by atoms with van der Waals surface area (Å²) in [6.45, 7) is 2.69. The number of anilines is 1. The maximum Gasteiger partial charge on any atom is 0.416 e. The zero-order valence-electron chi connectivity index (χ0n) is 26.2. The number of nitrogens with two attached hydrogens (primary N) is 1. The monoisotopic (exact) mass is 673 g/mol. The van der Waals surface area contributed by atoms with E-state index in [2.05, 4.69) is 9.88 Å². The summed E-state index contributed by atoms with van der Waals surface area (Å²) in [5, 5.41) is 0. The number of hydrogen-bond donors (Lipinski definition) is 1. The molecule has 3 fully saturated rings. The van der Waals surface area contributed by atoms with Crippen LogP contribution in [0.1, 0.15) is 59.4 Å². The lowest BCUT2D eigenvalue weighted by Gasteiger charge is -2.43. The molecule has 1 spiro atoms. The fraction of sp³-hybridized carbons (Fsp3) is 0.457. The van der Waals surface area contributed by atoms with E-state index < -0.39 is 28.9 Å². The van der Waals surface area contributed by atoms with Crippen molar-refractivity contribution in [1.29, 1.82) is 0 Å². The van der Waals surface area contributed by atoms with Gasteiger partial charge in [0.15, 0.2) is 0 Å². The number of piperidine rings is 2. The van der Waals surface area contributed by atoms with E-state index in [0.717, 1.165) is 30.8 Å². The third kappa shape index (κ3) is 7.01. The second-order valence-corrected chi connectivity index (χ2v) is 13.2. The predicted octanol–water partition coefficient (Wildman–Crippen LogP) is 6.35. The Kier molecular flexibility index (Phi) is 9.18. The number of nitrogens with zero attached hydrogens (tertiary/aromatic N) is 4. The van der Waals surface area contributed by atoms with Crippen LogP contribution in [0.4, 0.5) is 32.2 Å². The SMILES string of the molecule is Nc1cc(CN2CCC(C(=O)N3CCC4(CC3)C(=O)N(Cc3cc(C(F)(F)F)cc(C(F)(F)F)c3)CC4c3ccccc3)CC2)ccn1. The van der Waals surface area contributed by atoms with Crippen LogP contribution >= 0.6 is 0 Å². The fourth-order valence-corrected chi connectivity index (χ4v) is 7.65. The highest BCUT2D eigenvalue weighted by molar-refractivity contribution is 5.87. The van der Waals surface area contributed by atoms with Crippen LogP contribution in [0.5, 0.6) is 0 Å². The smallest absolute Gasteiger partial charge is 0.384 e. The highest BCUT2D eigenvalue weighted by Crippen LogP contribution is 2.51. The Morgan fingerprint density at radius 3 is 2.04 bits per heavy atom. The maximum atomic E-state index is 14.2. The Morgan fingerprint density at radius 2 is 1.46 bits per heavy atom. The Bertz CT molecular complexity index is 1600. The summed E-state index contributed by atoms with van der Waals surface area (Å²) in [7, 11) is 0. The zero-order valence-corrected chi connectivity index (χ0v) is 26.2. The standard InChI is InChI=1S/C35H37F6N5O2/c36-34(37,38)27-16-24(17-28(19-27)35(39,40)41)21-46-22-29(25-4-2-1-3-5-25)33(32(46)48)9-14-45(15-10-33)31(47)26-7-12-44(13-8-26)20-23-6-11-43-30(42)18-23/h1-6,11,16-19,26,29H,7-10,12-15,20-22H2,(H2,42,43). The molecule has 7 nitrogen and oxygen atoms in total. The maximum absolute atomic E-state index is 14.2. The van der Waals surface area contributed by atoms with Gasteiger partial charge in [-0.3, -0.25) is 14.5 Å². The van der Waals surface area contributed by atoms with E-state index in [0.29, 0.717) is 56.7 Å². The van der Waals surface area contributed by atoms with Crippen molar-refractivity contribution >= 4 is 17.6 Å². The van der Waals surface area contributed by atoms with Gasteiger partial charge in [-0.1, -0.05) is 30.3 Å². The molecular formula is C35H37F6N5O2. The molecule has 256 valence electrons. The zero-order chi connectivity index (χ0) is 34.3. The number of carbonyl (C=O) groups excluding carboxylic acids is 2. The second-order valence-electron chi connectivity index (χ2n) is 13.2. The normalized spacial score (nSPS) is 20.9. The van der Waals surface area contributed by atoms with Crippen molar-refractivity contribution in [3.05, 3.63) is 94.7 Å². The van der Waals surface area contributed by atoms with Crippen LogP contribution in [0, 0.1) is 11.3 Å². The van der Waals surface area contributed by atoms with Crippen molar-refractivity contribution in [1.82, 2.24) is 19.7 Å². The predicted molar refractivity (Wildman–Crippen MR) is 166 cm³/mol. The Labute approximate surface area is 274 Å². The molecular weight excluding hydrogens is 636 g/mol. The molecule has 3 saturated heterocycles. The van der Waals surface area contributed by atoms with Gasteiger partial charge in [0.25, 0.3) is 0 Å². The van der Waals surface area contributed by atoms with Crippen molar-refractivity contribution in [2.24, 2.45) is 11.3 Å². The first-order valence-electron chi connectivity index (χ1n) is 16.1. The first kappa shape index (κ1) is 33.8. The van der Waals surface area contributed by atoms with Gasteiger partial charge in [-0.05, 0) is 85.8 Å². The summed E-state index contributed by atoms with van der Waals surface area (Å²) >= 11 is 0. The first-order valence-corrected chi connectivity index (χ1v) is 16.1. The first-order chi connectivity index (χ1) is 22.7. The van der Waals surface area contributed by atoms with Crippen LogP contribution in [-0.2, 0) is 35.0 Å². The fourth-order valence-electron chi connectivity index (χ4n) is 7.65. The van der Waals surface area contributed by atoms with Crippen LogP contribution < -0.4 is 5.73 Å². The third-order valence-electron chi connectivity index (χ3n) is 10.2. The molecule has 0 saturated carbocycles. The molecule has 2 N–H and O–H groups in total. The minimum atomic E-state index is -4.98. The molecule has 0 bridgehead atoms. The number of halogens is 6. The summed E-state index contributed by atoms with van der Waals surface area (Å²) in [5.74, 6) is -0.256. The molecule has 4 heterocycles. The van der Waals surface area contributed by atoms with Crippen molar-refractivity contribution in [2.45, 2.75) is 57.0 Å². The highest BCUT2D eigenvalue weighted by atomic mass is 19.4. The van der Waals surface area contributed by atoms with E-state index in [1.54, 1.807) is 6.20 Å². The van der Waals surface area contributed by atoms with Crippen molar-refractivity contribution in [2.75, 3.05) is 38.5 Å². The second kappa shape index (κ2) is 13.1. The Balaban J connectivity index is 1.16. The van der Waals surface area contributed by atoms with E-state index in [1.165, 1.54) is 4.90 Å². The molecule has 3 aliphatic rings. The van der Waals surface area contributed by atoms with E-state index >= 15 is 0 Å². The van der Waals surface area contributed by atoms with E-state index in [-0.39, 0.29) is 48.4 Å². The molecule has 0 radical (unpaired) electrons. The number of rotatable bonds is 6. The summed E-state index contributed by atoms with van der Waals surface area (Å²) in [6.07, 6.45) is -6.17. The third-order valence-corrected chi connectivity index (χ3v) is 10.2. The van der Waals surface area contributed by atoms with Crippen molar-refractivity contribution in [3.63, 3.8) is 0 Å². The van der Waals surface area contributed by atoms with E-state index in [9.17, 15) is 35.9 Å². The number of pyridine rings is 1. The molecule has 48 heavy (non-hydrogen) atoms. The van der Waals surface area contributed by atoms with Crippen LogP contribution in [0.3, 0.4) is 0 Å². The highest BCUT2D eigenvalue weighted by Gasteiger charge is 2.55. The van der Waals surface area contributed by atoms with E-state index in [1.807, 2.05) is 47.4 Å². The summed E-state index contributed by atoms with van der Waals surface area (Å²) < 4.78 is 81.4. The van der Waals surface area contributed by atoms with Gasteiger partial charge >= 0.3 is 12.4 Å². The number of alkyl halides is 6. The van der Waals surface area contributed by atoms with Crippen LogP contribution in [0.2, 0.25) is 0 Å². The summed E-state index contributed by atoms with van der Waals surface area (Å²) in [6, 6.07) is 14.5. The molecule has 2 amide bonds. The Morgan fingerprint density at radius 1 is 0.833 bits per heavy atom. The van der Waals surface area contributed by atoms with Gasteiger partial charge in [0, 0.05) is 50.8 Å². The van der Waals surface area contributed by atoms with Gasteiger partial charge in [0.2, 0.25) is 11.8 Å². The Hall–Kier alpha value is -4.13. The minimum Gasteiger partial charge on any atom is -0.384 e. The number of amides is 2. The summed E-state index contributed by atoms with van der Waals surface area (Å²) in [5.41, 5.74) is 3.75. The topological polar surface area (TPSA) is 82.8 Å². The van der Waals surface area contributed by atoms with Crippen LogP contribution in [-0.4, -0.2) is 64.2 Å². The molecule has 6 rings (SSSR count). The molecule has 1 unspecified atom stereocenters. The van der Waals surface area contributed by atoms with E-state index in [4.69, 9.17) is 5.73 Å². The number of benzene rings is 2. The van der Waals surface area contributed by atoms with Crippen molar-refractivity contribution in [3.8, 4) is 0 Å². The van der Waals surface area contributed by atoms with Gasteiger partial charge in [0.05, 0.1) is 16.5 Å². The van der Waals surface area contributed by atoms with Gasteiger partial charge in [0.1, 0.15) is 5.82 Å². The molecule has 1 atom stereocenters. The molecule has 0 aliphatic carbocycles. The molecule has 3 aliphatic heterocycles. The lowest BCUT2D eigenvalue weighted by molar-refractivity contribution is -0.146. The van der Waals surface area contributed by atoms with Crippen LogP contribution in [0.15, 0.2) is 66.9 Å². The van der Waals surface area contributed by atoms with Gasteiger partial charge in [-0.2, -0.15) is 26.3 Å². The van der Waals surface area contributed by atoms with Gasteiger partial charge in [-0.15, -0.1) is 0 Å².